The van der Waals surface area contributed by atoms with Gasteiger partial charge in [-0.05, 0) is 43.4 Å². The summed E-state index contributed by atoms with van der Waals surface area (Å²) in [4.78, 5) is 0.112. The lowest BCUT2D eigenvalue weighted by Crippen LogP contribution is -2.39. The SMILES string of the molecule is Cc1cc(F)c(N)cc1S(=O)(=O)N1CCCC(C)C1. The normalized spacial score (nSPS) is 21.5. The Kier molecular flexibility index (Phi) is 3.82. The molecule has 0 aliphatic carbocycles. The van der Waals surface area contributed by atoms with E-state index in [0.29, 0.717) is 24.6 Å². The zero-order chi connectivity index (χ0) is 14.2. The van der Waals surface area contributed by atoms with Crippen LogP contribution in [0.2, 0.25) is 0 Å². The summed E-state index contributed by atoms with van der Waals surface area (Å²) in [5, 5.41) is 0. The molecule has 1 heterocycles. The average molecular weight is 286 g/mol. The standard InChI is InChI=1S/C13H19FN2O2S/c1-9-4-3-5-16(8-9)19(17,18)13-7-12(15)11(14)6-10(13)2/h6-7,9H,3-5,8,15H2,1-2H3. The van der Waals surface area contributed by atoms with E-state index in [1.54, 1.807) is 6.92 Å². The third-order valence-electron chi connectivity index (χ3n) is 3.53. The first-order valence-corrected chi connectivity index (χ1v) is 7.82. The molecule has 106 valence electrons. The molecular formula is C13H19FN2O2S. The van der Waals surface area contributed by atoms with Crippen molar-refractivity contribution in [3.8, 4) is 0 Å². The van der Waals surface area contributed by atoms with E-state index in [2.05, 4.69) is 0 Å². The molecule has 1 aliphatic heterocycles. The zero-order valence-corrected chi connectivity index (χ0v) is 12.0. The molecule has 2 N–H and O–H groups in total. The van der Waals surface area contributed by atoms with Gasteiger partial charge in [0.1, 0.15) is 5.82 Å². The maximum absolute atomic E-state index is 13.3. The lowest BCUT2D eigenvalue weighted by molar-refractivity contribution is 0.281. The highest BCUT2D eigenvalue weighted by atomic mass is 32.2. The van der Waals surface area contributed by atoms with Crippen molar-refractivity contribution in [2.24, 2.45) is 5.92 Å². The Bertz CT molecular complexity index is 587. The van der Waals surface area contributed by atoms with E-state index in [0.717, 1.165) is 12.8 Å². The maximum Gasteiger partial charge on any atom is 0.243 e. The average Bonchev–Trinajstić information content (AvgIpc) is 2.33. The summed E-state index contributed by atoms with van der Waals surface area (Å²) >= 11 is 0. The van der Waals surface area contributed by atoms with Gasteiger partial charge >= 0.3 is 0 Å². The van der Waals surface area contributed by atoms with E-state index >= 15 is 0 Å². The number of aryl methyl sites for hydroxylation is 1. The monoisotopic (exact) mass is 286 g/mol. The van der Waals surface area contributed by atoms with E-state index in [-0.39, 0.29) is 10.6 Å². The summed E-state index contributed by atoms with van der Waals surface area (Å²) in [6.45, 7) is 4.65. The van der Waals surface area contributed by atoms with Crippen LogP contribution in [0.1, 0.15) is 25.3 Å². The summed E-state index contributed by atoms with van der Waals surface area (Å²) in [5.41, 5.74) is 5.75. The summed E-state index contributed by atoms with van der Waals surface area (Å²) in [5.74, 6) is -0.231. The van der Waals surface area contributed by atoms with Crippen molar-refractivity contribution in [3.05, 3.63) is 23.5 Å². The smallest absolute Gasteiger partial charge is 0.243 e. The molecular weight excluding hydrogens is 267 g/mol. The van der Waals surface area contributed by atoms with Crippen molar-refractivity contribution in [2.45, 2.75) is 31.6 Å². The van der Waals surface area contributed by atoms with Crippen molar-refractivity contribution < 1.29 is 12.8 Å². The van der Waals surface area contributed by atoms with Gasteiger partial charge in [0.2, 0.25) is 10.0 Å². The number of nitrogens with two attached hydrogens (primary N) is 1. The molecule has 1 atom stereocenters. The number of nitrogens with zero attached hydrogens (tertiary/aromatic N) is 1. The van der Waals surface area contributed by atoms with Crippen molar-refractivity contribution in [2.75, 3.05) is 18.8 Å². The molecule has 0 bridgehead atoms. The Hall–Kier alpha value is -1.14. The Labute approximate surface area is 113 Å². The number of halogens is 1. The minimum atomic E-state index is -3.58. The first kappa shape index (κ1) is 14.3. The molecule has 0 aromatic heterocycles. The number of rotatable bonds is 2. The highest BCUT2D eigenvalue weighted by Gasteiger charge is 2.30. The van der Waals surface area contributed by atoms with Crippen LogP contribution in [-0.4, -0.2) is 25.8 Å². The van der Waals surface area contributed by atoms with Crippen LogP contribution in [0.15, 0.2) is 17.0 Å². The molecule has 4 nitrogen and oxygen atoms in total. The van der Waals surface area contributed by atoms with Gasteiger partial charge in [-0.2, -0.15) is 4.31 Å². The van der Waals surface area contributed by atoms with E-state index in [1.807, 2.05) is 6.92 Å². The molecule has 0 saturated carbocycles. The van der Waals surface area contributed by atoms with Crippen LogP contribution in [0.5, 0.6) is 0 Å². The minimum Gasteiger partial charge on any atom is -0.396 e. The lowest BCUT2D eigenvalue weighted by Gasteiger charge is -2.30. The fraction of sp³-hybridized carbons (Fsp3) is 0.538. The van der Waals surface area contributed by atoms with Crippen LogP contribution >= 0.6 is 0 Å². The summed E-state index contributed by atoms with van der Waals surface area (Å²) in [6.07, 6.45) is 1.90. The second kappa shape index (κ2) is 5.09. The van der Waals surface area contributed by atoms with E-state index in [9.17, 15) is 12.8 Å². The lowest BCUT2D eigenvalue weighted by atomic mass is 10.0. The summed E-state index contributed by atoms with van der Waals surface area (Å²) in [7, 11) is -3.58. The van der Waals surface area contributed by atoms with E-state index in [1.165, 1.54) is 16.4 Å². The predicted octanol–water partition coefficient (Wildman–Crippen LogP) is 2.14. The van der Waals surface area contributed by atoms with Gasteiger partial charge in [0.25, 0.3) is 0 Å². The first-order chi connectivity index (χ1) is 8.82. The van der Waals surface area contributed by atoms with Crippen molar-refractivity contribution >= 4 is 15.7 Å². The van der Waals surface area contributed by atoms with Gasteiger partial charge in [0.15, 0.2) is 0 Å². The fourth-order valence-electron chi connectivity index (χ4n) is 2.45. The van der Waals surface area contributed by atoms with Crippen LogP contribution in [0.25, 0.3) is 0 Å². The molecule has 1 unspecified atom stereocenters. The Morgan fingerprint density at radius 3 is 2.74 bits per heavy atom. The Morgan fingerprint density at radius 2 is 2.11 bits per heavy atom. The fourth-order valence-corrected chi connectivity index (χ4v) is 4.29. The van der Waals surface area contributed by atoms with Crippen LogP contribution in [0, 0.1) is 18.7 Å². The second-order valence-electron chi connectivity index (χ2n) is 5.25. The van der Waals surface area contributed by atoms with Gasteiger partial charge in [-0.15, -0.1) is 0 Å². The molecule has 1 aromatic rings. The third-order valence-corrected chi connectivity index (χ3v) is 5.54. The highest BCUT2D eigenvalue weighted by molar-refractivity contribution is 7.89. The van der Waals surface area contributed by atoms with Gasteiger partial charge in [-0.25, -0.2) is 12.8 Å². The number of sulfonamides is 1. The molecule has 1 fully saturated rings. The van der Waals surface area contributed by atoms with Crippen LogP contribution in [0.3, 0.4) is 0 Å². The van der Waals surface area contributed by atoms with Crippen LogP contribution in [-0.2, 0) is 10.0 Å². The van der Waals surface area contributed by atoms with Gasteiger partial charge in [-0.1, -0.05) is 6.92 Å². The largest absolute Gasteiger partial charge is 0.396 e. The van der Waals surface area contributed by atoms with Crippen molar-refractivity contribution in [1.82, 2.24) is 4.31 Å². The van der Waals surface area contributed by atoms with Crippen LogP contribution < -0.4 is 5.73 Å². The van der Waals surface area contributed by atoms with Gasteiger partial charge in [0, 0.05) is 13.1 Å². The number of hydrogen-bond acceptors (Lipinski definition) is 3. The molecule has 19 heavy (non-hydrogen) atoms. The molecule has 0 radical (unpaired) electrons. The number of benzene rings is 1. The van der Waals surface area contributed by atoms with Gasteiger partial charge in [-0.3, -0.25) is 0 Å². The highest BCUT2D eigenvalue weighted by Crippen LogP contribution is 2.27. The Balaban J connectivity index is 2.42. The topological polar surface area (TPSA) is 63.4 Å². The molecule has 1 aromatic carbocycles. The molecule has 6 heteroatoms. The Morgan fingerprint density at radius 1 is 1.42 bits per heavy atom. The molecule has 1 aliphatic rings. The van der Waals surface area contributed by atoms with E-state index in [4.69, 9.17) is 5.73 Å². The van der Waals surface area contributed by atoms with E-state index < -0.39 is 15.8 Å². The summed E-state index contributed by atoms with van der Waals surface area (Å²) < 4.78 is 39.9. The number of piperidine rings is 1. The third kappa shape index (κ3) is 2.74. The molecule has 2 rings (SSSR count). The molecule has 1 saturated heterocycles. The zero-order valence-electron chi connectivity index (χ0n) is 11.2. The van der Waals surface area contributed by atoms with Gasteiger partial charge < -0.3 is 5.73 Å². The van der Waals surface area contributed by atoms with Crippen molar-refractivity contribution in [1.29, 1.82) is 0 Å². The number of nitrogen functional groups attached to an aromatic ring is 1. The molecule has 0 amide bonds. The number of hydrogen-bond donors (Lipinski definition) is 1. The first-order valence-electron chi connectivity index (χ1n) is 6.38. The number of anilines is 1. The molecule has 0 spiro atoms. The second-order valence-corrected chi connectivity index (χ2v) is 7.16. The summed E-state index contributed by atoms with van der Waals surface area (Å²) in [6, 6.07) is 2.40. The minimum absolute atomic E-state index is 0.112. The van der Waals surface area contributed by atoms with Crippen molar-refractivity contribution in [3.63, 3.8) is 0 Å². The maximum atomic E-state index is 13.3. The predicted molar refractivity (Wildman–Crippen MR) is 72.7 cm³/mol. The quantitative estimate of drug-likeness (QED) is 0.847. The van der Waals surface area contributed by atoms with Gasteiger partial charge in [0.05, 0.1) is 10.6 Å². The van der Waals surface area contributed by atoms with Crippen LogP contribution in [0.4, 0.5) is 10.1 Å².